The zero-order chi connectivity index (χ0) is 18.4. The number of benzene rings is 1. The molecule has 1 aliphatic heterocycles. The van der Waals surface area contributed by atoms with Gasteiger partial charge in [-0.2, -0.15) is 0 Å². The van der Waals surface area contributed by atoms with Gasteiger partial charge in [-0.15, -0.1) is 0 Å². The van der Waals surface area contributed by atoms with Gasteiger partial charge >= 0.3 is 0 Å². The first kappa shape index (κ1) is 17.1. The van der Waals surface area contributed by atoms with Gasteiger partial charge in [-0.25, -0.2) is 0 Å². The van der Waals surface area contributed by atoms with Crippen molar-refractivity contribution >= 4 is 32.8 Å². The predicted octanol–water partition coefficient (Wildman–Crippen LogP) is 3.26. The van der Waals surface area contributed by atoms with E-state index < -0.39 is 6.04 Å². The summed E-state index contributed by atoms with van der Waals surface area (Å²) in [7, 11) is 3.87. The molecule has 0 bridgehead atoms. The quantitative estimate of drug-likeness (QED) is 0.652. The fraction of sp³-hybridized carbons (Fsp3) is 0.263. The topological polar surface area (TPSA) is 66.9 Å². The van der Waals surface area contributed by atoms with Crippen molar-refractivity contribution in [3.8, 4) is 0 Å². The molecule has 0 fully saturated rings. The molecule has 1 aromatic carbocycles. The minimum Gasteiger partial charge on any atom is -0.467 e. The molecule has 0 saturated carbocycles. The highest BCUT2D eigenvalue weighted by Crippen LogP contribution is 2.38. The van der Waals surface area contributed by atoms with Crippen molar-refractivity contribution in [2.24, 2.45) is 0 Å². The molecule has 7 heteroatoms. The third kappa shape index (κ3) is 2.68. The molecule has 4 rings (SSSR count). The van der Waals surface area contributed by atoms with Gasteiger partial charge in [0.05, 0.1) is 17.2 Å². The maximum atomic E-state index is 13.2. The van der Waals surface area contributed by atoms with Crippen LogP contribution in [-0.4, -0.2) is 42.9 Å². The molecule has 0 saturated heterocycles. The largest absolute Gasteiger partial charge is 0.467 e. The smallest absolute Gasteiger partial charge is 0.291 e. The Hall–Kier alpha value is -2.38. The van der Waals surface area contributed by atoms with Crippen molar-refractivity contribution < 1.29 is 13.6 Å². The van der Waals surface area contributed by atoms with Crippen LogP contribution in [0.15, 0.2) is 54.7 Å². The van der Waals surface area contributed by atoms with Crippen molar-refractivity contribution in [2.45, 2.75) is 6.04 Å². The van der Waals surface area contributed by atoms with Crippen LogP contribution in [0.25, 0.3) is 11.0 Å². The molecule has 2 aromatic heterocycles. The zero-order valence-electron chi connectivity index (χ0n) is 14.4. The summed E-state index contributed by atoms with van der Waals surface area (Å²) in [4.78, 5) is 29.8. The van der Waals surface area contributed by atoms with E-state index in [0.29, 0.717) is 35.4 Å². The van der Waals surface area contributed by atoms with Gasteiger partial charge in [-0.3, -0.25) is 9.59 Å². The van der Waals surface area contributed by atoms with E-state index in [1.165, 1.54) is 0 Å². The predicted molar refractivity (Wildman–Crippen MR) is 100 cm³/mol. The molecule has 3 aromatic rings. The first-order valence-corrected chi connectivity index (χ1v) is 9.02. The van der Waals surface area contributed by atoms with E-state index in [1.54, 1.807) is 41.5 Å². The van der Waals surface area contributed by atoms with Crippen LogP contribution in [-0.2, 0) is 0 Å². The second kappa shape index (κ2) is 6.41. The van der Waals surface area contributed by atoms with E-state index in [1.807, 2.05) is 19.0 Å². The Kier molecular flexibility index (Phi) is 4.20. The van der Waals surface area contributed by atoms with Crippen LogP contribution in [0, 0.1) is 0 Å². The minimum absolute atomic E-state index is 0.102. The standard InChI is InChI=1S/C19H17BrN2O4/c1-21(2)7-8-22-16(14-4-3-9-25-14)15-17(23)12-10-11(20)5-6-13(12)26-18(15)19(22)24/h3-6,9-10,16H,7-8H2,1-2H3. The molecule has 1 unspecified atom stereocenters. The number of hydrogen-bond donors (Lipinski definition) is 0. The maximum absolute atomic E-state index is 13.2. The lowest BCUT2D eigenvalue weighted by molar-refractivity contribution is 0.0702. The van der Waals surface area contributed by atoms with Crippen LogP contribution in [0.5, 0.6) is 0 Å². The number of carbonyl (C=O) groups excluding carboxylic acids is 1. The van der Waals surface area contributed by atoms with E-state index in [2.05, 4.69) is 15.9 Å². The minimum atomic E-state index is -0.577. The molecule has 3 heterocycles. The Morgan fingerprint density at radius 1 is 1.23 bits per heavy atom. The zero-order valence-corrected chi connectivity index (χ0v) is 15.9. The van der Waals surface area contributed by atoms with Gasteiger partial charge in [0, 0.05) is 17.6 Å². The molecule has 0 radical (unpaired) electrons. The molecule has 6 nitrogen and oxygen atoms in total. The third-order valence-corrected chi connectivity index (χ3v) is 5.02. The van der Waals surface area contributed by atoms with Crippen LogP contribution >= 0.6 is 15.9 Å². The van der Waals surface area contributed by atoms with E-state index in [0.717, 1.165) is 4.47 Å². The molecule has 0 aliphatic carbocycles. The van der Waals surface area contributed by atoms with Crippen LogP contribution in [0.1, 0.15) is 27.9 Å². The Balaban J connectivity index is 1.94. The molecule has 0 N–H and O–H groups in total. The highest BCUT2D eigenvalue weighted by molar-refractivity contribution is 9.10. The summed E-state index contributed by atoms with van der Waals surface area (Å²) in [5.41, 5.74) is 0.539. The monoisotopic (exact) mass is 416 g/mol. The molecule has 1 atom stereocenters. The number of carbonyl (C=O) groups is 1. The summed E-state index contributed by atoms with van der Waals surface area (Å²) in [6, 6.07) is 8.14. The fourth-order valence-corrected chi connectivity index (χ4v) is 3.63. The molecule has 1 aliphatic rings. The Bertz CT molecular complexity index is 1040. The van der Waals surface area contributed by atoms with Gasteiger partial charge in [-0.1, -0.05) is 15.9 Å². The van der Waals surface area contributed by atoms with Crippen LogP contribution in [0.4, 0.5) is 0 Å². The first-order valence-electron chi connectivity index (χ1n) is 8.22. The van der Waals surface area contributed by atoms with E-state index in [9.17, 15) is 9.59 Å². The number of halogens is 1. The SMILES string of the molecule is CN(C)CCN1C(=O)c2oc3ccc(Br)cc3c(=O)c2C1c1ccco1. The highest BCUT2D eigenvalue weighted by Gasteiger charge is 2.43. The number of rotatable bonds is 4. The highest BCUT2D eigenvalue weighted by atomic mass is 79.9. The normalized spacial score (nSPS) is 16.7. The van der Waals surface area contributed by atoms with Crippen molar-refractivity contribution in [1.82, 2.24) is 9.80 Å². The van der Waals surface area contributed by atoms with Crippen LogP contribution in [0.3, 0.4) is 0 Å². The average Bonchev–Trinajstić information content (AvgIpc) is 3.21. The van der Waals surface area contributed by atoms with E-state index in [4.69, 9.17) is 8.83 Å². The molecular formula is C19H17BrN2O4. The number of amides is 1. The summed E-state index contributed by atoms with van der Waals surface area (Å²) in [6.45, 7) is 1.12. The maximum Gasteiger partial charge on any atom is 0.291 e. The lowest BCUT2D eigenvalue weighted by Gasteiger charge is -2.24. The second-order valence-corrected chi connectivity index (χ2v) is 7.45. The second-order valence-electron chi connectivity index (χ2n) is 6.53. The third-order valence-electron chi connectivity index (χ3n) is 4.53. The first-order chi connectivity index (χ1) is 12.5. The fourth-order valence-electron chi connectivity index (χ4n) is 3.27. The molecule has 1 amide bonds. The van der Waals surface area contributed by atoms with E-state index >= 15 is 0 Å². The summed E-state index contributed by atoms with van der Waals surface area (Å²) < 4.78 is 12.2. The van der Waals surface area contributed by atoms with Gasteiger partial charge in [-0.05, 0) is 44.4 Å². The number of hydrogen-bond acceptors (Lipinski definition) is 5. The van der Waals surface area contributed by atoms with Gasteiger partial charge < -0.3 is 18.6 Å². The molecule has 134 valence electrons. The summed E-state index contributed by atoms with van der Waals surface area (Å²) >= 11 is 3.38. The molecule has 0 spiro atoms. The van der Waals surface area contributed by atoms with E-state index in [-0.39, 0.29) is 17.1 Å². The Morgan fingerprint density at radius 2 is 2.04 bits per heavy atom. The summed E-state index contributed by atoms with van der Waals surface area (Å²) in [6.07, 6.45) is 1.54. The summed E-state index contributed by atoms with van der Waals surface area (Å²) in [5.74, 6) is 0.368. The lowest BCUT2D eigenvalue weighted by Crippen LogP contribution is -2.35. The van der Waals surface area contributed by atoms with Gasteiger partial charge in [0.25, 0.3) is 5.91 Å². The number of fused-ring (bicyclic) bond motifs is 2. The number of furan rings is 1. The number of likely N-dealkylation sites (N-methyl/N-ethyl adjacent to an activating group) is 1. The Morgan fingerprint density at radius 3 is 2.73 bits per heavy atom. The molecular weight excluding hydrogens is 400 g/mol. The van der Waals surface area contributed by atoms with Crippen molar-refractivity contribution in [3.63, 3.8) is 0 Å². The molecule has 26 heavy (non-hydrogen) atoms. The van der Waals surface area contributed by atoms with Gasteiger partial charge in [0.2, 0.25) is 5.76 Å². The van der Waals surface area contributed by atoms with Crippen molar-refractivity contribution in [1.29, 1.82) is 0 Å². The van der Waals surface area contributed by atoms with Crippen molar-refractivity contribution in [3.05, 3.63) is 68.4 Å². The Labute approximate surface area is 158 Å². The van der Waals surface area contributed by atoms with Crippen LogP contribution in [0.2, 0.25) is 0 Å². The number of nitrogens with zero attached hydrogens (tertiary/aromatic N) is 2. The van der Waals surface area contributed by atoms with Gasteiger partial charge in [0.15, 0.2) is 5.43 Å². The summed E-state index contributed by atoms with van der Waals surface area (Å²) in [5, 5.41) is 0.442. The lowest BCUT2D eigenvalue weighted by atomic mass is 10.0. The van der Waals surface area contributed by atoms with Crippen molar-refractivity contribution in [2.75, 3.05) is 27.2 Å². The average molecular weight is 417 g/mol. The van der Waals surface area contributed by atoms with Gasteiger partial charge in [0.1, 0.15) is 17.4 Å². The van der Waals surface area contributed by atoms with Crippen LogP contribution < -0.4 is 5.43 Å².